The van der Waals surface area contributed by atoms with E-state index in [0.29, 0.717) is 63.7 Å². The number of hydrogen-bond donors (Lipinski definition) is 4. The topological polar surface area (TPSA) is 184 Å². The second-order valence-corrected chi connectivity index (χ2v) is 17.2. The third-order valence-electron chi connectivity index (χ3n) is 13.2. The zero-order chi connectivity index (χ0) is 39.9. The Labute approximate surface area is 332 Å². The Hall–Kier alpha value is -4.71. The van der Waals surface area contributed by atoms with Crippen LogP contribution in [-0.2, 0) is 32.7 Å². The van der Waals surface area contributed by atoms with Crippen LogP contribution in [0.2, 0.25) is 0 Å². The molecule has 0 radical (unpaired) electrons. The Morgan fingerprint density at radius 1 is 1.09 bits per heavy atom. The first-order valence-corrected chi connectivity index (χ1v) is 20.2. The number of aryl methyl sites for hydroxylation is 1. The van der Waals surface area contributed by atoms with E-state index in [1.165, 1.54) is 25.8 Å². The minimum Gasteiger partial charge on any atom is -0.632 e. The maximum atomic E-state index is 15.4. The number of fused-ring (bicyclic) bond motifs is 11. The number of aromatic amines is 1. The number of phenolic OH excluding ortho intramolecular Hbond substituents is 1. The minimum absolute atomic E-state index is 0.0927. The van der Waals surface area contributed by atoms with Gasteiger partial charge in [0.25, 0.3) is 0 Å². The van der Waals surface area contributed by atoms with E-state index in [1.54, 1.807) is 21.1 Å². The largest absolute Gasteiger partial charge is 0.632 e. The van der Waals surface area contributed by atoms with Crippen molar-refractivity contribution in [2.75, 3.05) is 47.0 Å². The average Bonchev–Trinajstić information content (AvgIpc) is 3.82. The number of carbonyl (C=O) groups excluding carboxylic acids is 2. The molecule has 1 aromatic heterocycles. The monoisotopic (exact) mass is 800 g/mol. The Morgan fingerprint density at radius 3 is 2.63 bits per heavy atom. The number of aromatic nitrogens is 1. The molecule has 57 heavy (non-hydrogen) atoms. The van der Waals surface area contributed by atoms with Crippen LogP contribution in [0.4, 0.5) is 0 Å². The number of carbonyl (C=O) groups is 2. The number of quaternary nitrogens is 1. The predicted molar refractivity (Wildman–Crippen MR) is 207 cm³/mol. The van der Waals surface area contributed by atoms with Gasteiger partial charge in [-0.3, -0.25) is 15.0 Å². The van der Waals surface area contributed by atoms with Crippen molar-refractivity contribution in [2.24, 2.45) is 0 Å². The molecule has 8 heterocycles. The molecule has 1 spiro atoms. The first kappa shape index (κ1) is 36.6. The number of piperazine rings is 1. The minimum atomic E-state index is -1.36. The summed E-state index contributed by atoms with van der Waals surface area (Å²) in [5.74, 6) is 0.953. The van der Waals surface area contributed by atoms with Gasteiger partial charge in [0, 0.05) is 53.2 Å². The molecule has 0 saturated carbocycles. The molecule has 3 aromatic carbocycles. The molecule has 8 atom stereocenters. The molecule has 15 nitrogen and oxygen atoms in total. The Bertz CT molecular complexity index is 2420. The first-order chi connectivity index (χ1) is 27.3. The number of hydrogen-bond acceptors (Lipinski definition) is 14. The summed E-state index contributed by atoms with van der Waals surface area (Å²) in [5, 5.41) is 43.8. The van der Waals surface area contributed by atoms with Gasteiger partial charge in [0.1, 0.15) is 30.2 Å². The molecular formula is C41H44N4O11S. The lowest BCUT2D eigenvalue weighted by Gasteiger charge is -2.67. The number of H-pyrrole nitrogens is 1. The van der Waals surface area contributed by atoms with Crippen LogP contribution >= 0.6 is 11.8 Å². The van der Waals surface area contributed by atoms with Crippen molar-refractivity contribution in [3.05, 3.63) is 74.1 Å². The van der Waals surface area contributed by atoms with Crippen LogP contribution in [0.1, 0.15) is 68.9 Å². The molecule has 2 fully saturated rings. The smallest absolute Gasteiger partial charge is 0.333 e. The van der Waals surface area contributed by atoms with Gasteiger partial charge in [0.2, 0.25) is 6.79 Å². The van der Waals surface area contributed by atoms with E-state index >= 15 is 5.21 Å². The van der Waals surface area contributed by atoms with Gasteiger partial charge >= 0.3 is 11.9 Å². The van der Waals surface area contributed by atoms with Crippen LogP contribution in [0.15, 0.2) is 24.3 Å². The number of thioether (sulfide) groups is 1. The lowest BCUT2D eigenvalue weighted by atomic mass is 9.72. The van der Waals surface area contributed by atoms with Crippen molar-refractivity contribution >= 4 is 34.6 Å². The van der Waals surface area contributed by atoms with E-state index < -0.39 is 57.8 Å². The highest BCUT2D eigenvalue weighted by molar-refractivity contribution is 7.99. The molecule has 7 aliphatic heterocycles. The third-order valence-corrected chi connectivity index (χ3v) is 14.6. The van der Waals surface area contributed by atoms with Crippen LogP contribution in [0.3, 0.4) is 0 Å². The molecule has 300 valence electrons. The number of likely N-dealkylation sites (N-methyl/N-ethyl adjacent to an activating group) is 1. The number of methoxy groups -OCH3 is 2. The van der Waals surface area contributed by atoms with E-state index in [2.05, 4.69) is 10.3 Å². The molecule has 4 bridgehead atoms. The molecule has 0 aliphatic carbocycles. The lowest BCUT2D eigenvalue weighted by molar-refractivity contribution is -0.936. The van der Waals surface area contributed by atoms with Crippen molar-refractivity contribution in [1.82, 2.24) is 15.2 Å². The highest BCUT2D eigenvalue weighted by atomic mass is 32.2. The van der Waals surface area contributed by atoms with E-state index in [9.17, 15) is 19.8 Å². The Balaban J connectivity index is 1.24. The molecule has 16 heteroatoms. The summed E-state index contributed by atoms with van der Waals surface area (Å²) in [5.41, 5.74) is 4.72. The van der Waals surface area contributed by atoms with Crippen LogP contribution < -0.4 is 29.0 Å². The first-order valence-electron chi connectivity index (χ1n) is 19.1. The zero-order valence-electron chi connectivity index (χ0n) is 32.4. The van der Waals surface area contributed by atoms with Crippen molar-refractivity contribution < 1.29 is 52.9 Å². The number of nitrogens with one attached hydrogen (secondary N) is 2. The number of benzene rings is 3. The molecule has 2 saturated heterocycles. The number of aliphatic hydroxyl groups excluding tert-OH is 1. The van der Waals surface area contributed by atoms with Crippen molar-refractivity contribution in [3.63, 3.8) is 0 Å². The van der Waals surface area contributed by atoms with Gasteiger partial charge in [-0.1, -0.05) is 6.07 Å². The van der Waals surface area contributed by atoms with Gasteiger partial charge in [0.05, 0.1) is 49.9 Å². The fourth-order valence-corrected chi connectivity index (χ4v) is 12.5. The number of hydroxylamine groups is 3. The number of aliphatic hydroxyl groups is 1. The summed E-state index contributed by atoms with van der Waals surface area (Å²) in [6, 6.07) is 4.12. The second-order valence-electron chi connectivity index (χ2n) is 16.0. The number of aromatic hydroxyl groups is 1. The van der Waals surface area contributed by atoms with Crippen LogP contribution in [0.25, 0.3) is 10.9 Å². The molecule has 7 aliphatic rings. The highest BCUT2D eigenvalue weighted by Crippen LogP contribution is 2.65. The summed E-state index contributed by atoms with van der Waals surface area (Å²) < 4.78 is 35.1. The zero-order valence-corrected chi connectivity index (χ0v) is 33.2. The van der Waals surface area contributed by atoms with Gasteiger partial charge < -0.3 is 53.5 Å². The summed E-state index contributed by atoms with van der Waals surface area (Å²) in [6.07, 6.45) is -0.498. The van der Waals surface area contributed by atoms with E-state index in [4.69, 9.17) is 28.4 Å². The number of ether oxygens (including phenoxy) is 6. The SMILES string of the molecule is COc1ccc2[nH]c3c(c2c1)CCN[C@]31CS[C@@H]2c3c(OC(C)=O)c(C)c4c(c3[C@H](COC1=O)N1[C@@H]2[C@H]2c3c(cc(C)c(OC)c3O)C[C@@H]([C@@H]1O)[N+]2(C)[O-])OCO4. The van der Waals surface area contributed by atoms with Crippen molar-refractivity contribution in [3.8, 4) is 34.5 Å². The number of rotatable bonds is 3. The molecular weight excluding hydrogens is 757 g/mol. The van der Waals surface area contributed by atoms with Crippen LogP contribution in [0, 0.1) is 19.1 Å². The molecule has 11 rings (SSSR count). The fraction of sp³-hybridized carbons (Fsp3) is 0.463. The molecule has 4 N–H and O–H groups in total. The lowest BCUT2D eigenvalue weighted by Crippen LogP contribution is -2.75. The standard InChI is InChI=1S/C41H44N4O11S/c1-17-11-20-12-26-39(48)44-25-14-53-40(49)41(38-22(9-10-42-41)23-13-21(51-5)7-8-24(23)43-38)15-57-37(30(44)31(45(26,4)50)27(20)32(47)33(17)52-6)29-28(25)36-35(54-16-55-36)18(2)34(29)56-19(3)46/h7-8,11,13,25-26,30-31,37,39,42-43,47-48H,9-10,12,14-16H2,1-6H3/t25-,26-,30+,31+,37+,39-,41+,45?/m0/s1. The maximum Gasteiger partial charge on any atom is 0.333 e. The molecule has 4 aromatic rings. The van der Waals surface area contributed by atoms with E-state index in [-0.39, 0.29) is 42.8 Å². The van der Waals surface area contributed by atoms with Gasteiger partial charge in [-0.2, -0.15) is 0 Å². The van der Waals surface area contributed by atoms with Gasteiger partial charge in [0.15, 0.2) is 34.8 Å². The van der Waals surface area contributed by atoms with Gasteiger partial charge in [-0.25, -0.2) is 4.79 Å². The number of esters is 2. The Morgan fingerprint density at radius 2 is 1.88 bits per heavy atom. The normalized spacial score (nSPS) is 30.9. The van der Waals surface area contributed by atoms with E-state index in [1.807, 2.05) is 36.1 Å². The maximum absolute atomic E-state index is 15.4. The summed E-state index contributed by atoms with van der Waals surface area (Å²) in [6.45, 7) is 5.09. The Kier molecular flexibility index (Phi) is 8.12. The van der Waals surface area contributed by atoms with Crippen molar-refractivity contribution in [2.45, 2.75) is 74.8 Å². The van der Waals surface area contributed by atoms with Crippen molar-refractivity contribution in [1.29, 1.82) is 0 Å². The van der Waals surface area contributed by atoms with E-state index in [0.717, 1.165) is 22.0 Å². The van der Waals surface area contributed by atoms with Crippen LogP contribution in [-0.4, -0.2) is 102 Å². The number of phenols is 1. The summed E-state index contributed by atoms with van der Waals surface area (Å²) in [7, 11) is 4.65. The van der Waals surface area contributed by atoms with Gasteiger partial charge in [-0.15, -0.1) is 11.8 Å². The third kappa shape index (κ3) is 4.85. The predicted octanol–water partition coefficient (Wildman–Crippen LogP) is 4.20. The fourth-order valence-electron chi connectivity index (χ4n) is 10.8. The van der Waals surface area contributed by atoms with Gasteiger partial charge in [-0.05, 0) is 55.2 Å². The second kappa shape index (κ2) is 12.6. The summed E-state index contributed by atoms with van der Waals surface area (Å²) in [4.78, 5) is 33.2. The molecule has 1 unspecified atom stereocenters. The number of nitrogens with zero attached hydrogens (tertiary/aromatic N) is 2. The summed E-state index contributed by atoms with van der Waals surface area (Å²) >= 11 is 1.40. The quantitative estimate of drug-likeness (QED) is 0.100. The average molecular weight is 801 g/mol. The van der Waals surface area contributed by atoms with Crippen LogP contribution in [0.5, 0.6) is 34.5 Å². The highest BCUT2D eigenvalue weighted by Gasteiger charge is 2.65. The molecule has 0 amide bonds.